The van der Waals surface area contributed by atoms with Crippen LogP contribution in [0.2, 0.25) is 0 Å². The fraction of sp³-hybridized carbons (Fsp3) is 0.389. The Morgan fingerprint density at radius 3 is 2.67 bits per heavy atom. The third-order valence-electron chi connectivity index (χ3n) is 4.45. The van der Waals surface area contributed by atoms with Gasteiger partial charge in [-0.15, -0.1) is 5.10 Å². The van der Waals surface area contributed by atoms with Gasteiger partial charge in [-0.1, -0.05) is 30.3 Å². The van der Waals surface area contributed by atoms with Crippen LogP contribution >= 0.6 is 0 Å². The van der Waals surface area contributed by atoms with Crippen LogP contribution in [0.1, 0.15) is 29.6 Å². The fourth-order valence-electron chi connectivity index (χ4n) is 3.22. The van der Waals surface area contributed by atoms with Crippen LogP contribution in [-0.2, 0) is 10.9 Å². The molecule has 1 aliphatic heterocycles. The lowest BCUT2D eigenvalue weighted by Crippen LogP contribution is -2.30. The number of nitrogens with zero attached hydrogens (tertiary/aromatic N) is 5. The quantitative estimate of drug-likeness (QED) is 0.685. The summed E-state index contributed by atoms with van der Waals surface area (Å²) in [4.78, 5) is 9.64. The smallest absolute Gasteiger partial charge is 0.372 e. The number of hydrogen-bond acceptors (Lipinski definition) is 5. The third kappa shape index (κ3) is 3.59. The lowest BCUT2D eigenvalue weighted by Gasteiger charge is -2.26. The molecule has 0 bridgehead atoms. The average molecular weight is 377 g/mol. The predicted octanol–water partition coefficient (Wildman–Crippen LogP) is 3.42. The van der Waals surface area contributed by atoms with Crippen molar-refractivity contribution >= 4 is 11.6 Å². The molecule has 4 rings (SSSR count). The Balaban J connectivity index is 1.74. The highest BCUT2D eigenvalue weighted by atomic mass is 19.4. The van der Waals surface area contributed by atoms with E-state index in [1.807, 2.05) is 35.2 Å². The molecule has 3 aromatic rings. The van der Waals surface area contributed by atoms with Crippen molar-refractivity contribution in [2.24, 2.45) is 0 Å². The van der Waals surface area contributed by atoms with E-state index in [0.717, 1.165) is 12.0 Å². The summed E-state index contributed by atoms with van der Waals surface area (Å²) in [6, 6.07) is 11.5. The zero-order chi connectivity index (χ0) is 19.0. The first kappa shape index (κ1) is 17.7. The standard InChI is InChI=1S/C18H18F3N5O/c1-12-10-15(26-17(22-12)23-16(24-26)18(19,20)21)25-8-5-9-27-14(11-25)13-6-3-2-4-7-13/h2-4,6-7,10,14H,5,8-9,11H2,1H3. The minimum Gasteiger partial charge on any atom is -0.372 e. The van der Waals surface area contributed by atoms with Crippen LogP contribution in [0.4, 0.5) is 19.0 Å². The number of benzene rings is 1. The molecule has 27 heavy (non-hydrogen) atoms. The number of aryl methyl sites for hydroxylation is 1. The summed E-state index contributed by atoms with van der Waals surface area (Å²) < 4.78 is 46.3. The van der Waals surface area contributed by atoms with Gasteiger partial charge in [-0.25, -0.2) is 4.98 Å². The molecule has 1 fully saturated rings. The van der Waals surface area contributed by atoms with Crippen LogP contribution in [0, 0.1) is 6.92 Å². The van der Waals surface area contributed by atoms with Crippen molar-refractivity contribution in [2.45, 2.75) is 25.6 Å². The number of aromatic nitrogens is 4. The van der Waals surface area contributed by atoms with Gasteiger partial charge >= 0.3 is 6.18 Å². The molecule has 2 aromatic heterocycles. The van der Waals surface area contributed by atoms with Crippen LogP contribution in [0.3, 0.4) is 0 Å². The van der Waals surface area contributed by atoms with Gasteiger partial charge in [-0.3, -0.25) is 0 Å². The highest BCUT2D eigenvalue weighted by Gasteiger charge is 2.37. The molecule has 1 aliphatic rings. The number of ether oxygens (including phenoxy) is 1. The van der Waals surface area contributed by atoms with Crippen LogP contribution < -0.4 is 4.90 Å². The molecule has 3 heterocycles. The first-order valence-corrected chi connectivity index (χ1v) is 8.65. The van der Waals surface area contributed by atoms with Gasteiger partial charge in [-0.2, -0.15) is 22.7 Å². The lowest BCUT2D eigenvalue weighted by atomic mass is 10.1. The number of alkyl halides is 3. The van der Waals surface area contributed by atoms with E-state index in [9.17, 15) is 13.2 Å². The lowest BCUT2D eigenvalue weighted by molar-refractivity contribution is -0.144. The first-order chi connectivity index (χ1) is 12.9. The molecule has 1 aromatic carbocycles. The maximum Gasteiger partial charge on any atom is 0.453 e. The maximum atomic E-state index is 13.0. The highest BCUT2D eigenvalue weighted by molar-refractivity contribution is 5.48. The molecule has 1 unspecified atom stereocenters. The molecule has 1 saturated heterocycles. The van der Waals surface area contributed by atoms with Crippen molar-refractivity contribution in [3.8, 4) is 0 Å². The van der Waals surface area contributed by atoms with Gasteiger partial charge < -0.3 is 9.64 Å². The number of anilines is 1. The average Bonchev–Trinajstić information content (AvgIpc) is 2.92. The van der Waals surface area contributed by atoms with Gasteiger partial charge in [0, 0.05) is 31.5 Å². The number of fused-ring (bicyclic) bond motifs is 1. The Labute approximate surface area is 153 Å². The van der Waals surface area contributed by atoms with Gasteiger partial charge in [0.15, 0.2) is 0 Å². The molecule has 9 heteroatoms. The number of halogens is 3. The van der Waals surface area contributed by atoms with E-state index in [-0.39, 0.29) is 11.9 Å². The topological polar surface area (TPSA) is 55.6 Å². The second-order valence-corrected chi connectivity index (χ2v) is 6.47. The number of rotatable bonds is 2. The van der Waals surface area contributed by atoms with Crippen molar-refractivity contribution in [1.82, 2.24) is 19.6 Å². The van der Waals surface area contributed by atoms with Crippen molar-refractivity contribution in [3.63, 3.8) is 0 Å². The summed E-state index contributed by atoms with van der Waals surface area (Å²) in [6.45, 7) is 3.45. The molecule has 1 atom stereocenters. The predicted molar refractivity (Wildman–Crippen MR) is 92.5 cm³/mol. The van der Waals surface area contributed by atoms with Crippen LogP contribution in [-0.4, -0.2) is 39.3 Å². The largest absolute Gasteiger partial charge is 0.453 e. The van der Waals surface area contributed by atoms with Gasteiger partial charge in [0.05, 0.1) is 6.10 Å². The molecule has 0 radical (unpaired) electrons. The molecule has 0 amide bonds. The zero-order valence-electron chi connectivity index (χ0n) is 14.6. The molecule has 0 spiro atoms. The molecule has 0 aliphatic carbocycles. The summed E-state index contributed by atoms with van der Waals surface area (Å²) in [7, 11) is 0. The van der Waals surface area contributed by atoms with Crippen LogP contribution in [0.15, 0.2) is 36.4 Å². The van der Waals surface area contributed by atoms with Crippen molar-refractivity contribution < 1.29 is 17.9 Å². The Morgan fingerprint density at radius 1 is 1.15 bits per heavy atom. The van der Waals surface area contributed by atoms with Gasteiger partial charge in [0.1, 0.15) is 5.82 Å². The maximum absolute atomic E-state index is 13.0. The Bertz CT molecular complexity index is 941. The third-order valence-corrected chi connectivity index (χ3v) is 4.45. The molecule has 0 saturated carbocycles. The number of hydrogen-bond donors (Lipinski definition) is 0. The van der Waals surface area contributed by atoms with E-state index in [1.165, 1.54) is 4.52 Å². The van der Waals surface area contributed by atoms with E-state index in [0.29, 0.717) is 31.2 Å². The Hall–Kier alpha value is -2.68. The second-order valence-electron chi connectivity index (χ2n) is 6.47. The molecule has 6 nitrogen and oxygen atoms in total. The first-order valence-electron chi connectivity index (χ1n) is 8.65. The van der Waals surface area contributed by atoms with Gasteiger partial charge in [-0.05, 0) is 18.9 Å². The van der Waals surface area contributed by atoms with E-state index < -0.39 is 12.0 Å². The molecular formula is C18H18F3N5O. The van der Waals surface area contributed by atoms with Crippen molar-refractivity contribution in [1.29, 1.82) is 0 Å². The summed E-state index contributed by atoms with van der Waals surface area (Å²) in [5.41, 5.74) is 1.61. The van der Waals surface area contributed by atoms with E-state index in [1.54, 1.807) is 13.0 Å². The monoisotopic (exact) mass is 377 g/mol. The molecule has 0 N–H and O–H groups in total. The Kier molecular flexibility index (Phi) is 4.47. The minimum atomic E-state index is -4.62. The van der Waals surface area contributed by atoms with E-state index in [4.69, 9.17) is 4.74 Å². The van der Waals surface area contributed by atoms with Gasteiger partial charge in [0.25, 0.3) is 11.6 Å². The van der Waals surface area contributed by atoms with E-state index in [2.05, 4.69) is 15.1 Å². The zero-order valence-corrected chi connectivity index (χ0v) is 14.6. The normalized spacial score (nSPS) is 18.7. The fourth-order valence-corrected chi connectivity index (χ4v) is 3.22. The van der Waals surface area contributed by atoms with Crippen LogP contribution in [0.5, 0.6) is 0 Å². The van der Waals surface area contributed by atoms with E-state index >= 15 is 0 Å². The minimum absolute atomic E-state index is 0.0567. The second kappa shape index (κ2) is 6.80. The highest BCUT2D eigenvalue weighted by Crippen LogP contribution is 2.29. The summed E-state index contributed by atoms with van der Waals surface area (Å²) in [6.07, 6.45) is -4.04. The SMILES string of the molecule is Cc1cc(N2CCCOC(c3ccccc3)C2)n2nc(C(F)(F)F)nc2n1. The summed E-state index contributed by atoms with van der Waals surface area (Å²) in [5.74, 6) is -0.710. The van der Waals surface area contributed by atoms with Crippen molar-refractivity contribution in [2.75, 3.05) is 24.6 Å². The molecule has 142 valence electrons. The Morgan fingerprint density at radius 2 is 1.93 bits per heavy atom. The molecular weight excluding hydrogens is 359 g/mol. The van der Waals surface area contributed by atoms with Crippen molar-refractivity contribution in [3.05, 3.63) is 53.5 Å². The summed E-state index contributed by atoms with van der Waals surface area (Å²) >= 11 is 0. The summed E-state index contributed by atoms with van der Waals surface area (Å²) in [5, 5.41) is 3.66. The van der Waals surface area contributed by atoms with Gasteiger partial charge in [0.2, 0.25) is 0 Å². The van der Waals surface area contributed by atoms with Crippen LogP contribution in [0.25, 0.3) is 5.78 Å².